The van der Waals surface area contributed by atoms with Crippen molar-refractivity contribution in [3.05, 3.63) is 0 Å². The SMILES string of the molecule is CNC([SiH3])[SiH3]. The Hall–Kier alpha value is 0.394. The van der Waals surface area contributed by atoms with Gasteiger partial charge in [0, 0.05) is 20.5 Å². The molecule has 0 rings (SSSR count). The lowest BCUT2D eigenvalue weighted by molar-refractivity contribution is 0.916. The van der Waals surface area contributed by atoms with Crippen molar-refractivity contribution in [3.8, 4) is 0 Å². The van der Waals surface area contributed by atoms with Crippen LogP contribution < -0.4 is 5.32 Å². The highest BCUT2D eigenvalue weighted by Gasteiger charge is 1.77. The highest BCUT2D eigenvalue weighted by molar-refractivity contribution is 6.35. The van der Waals surface area contributed by atoms with Crippen LogP contribution >= 0.6 is 0 Å². The summed E-state index contributed by atoms with van der Waals surface area (Å²) in [6.07, 6.45) is 0. The minimum atomic E-state index is 0.912. The van der Waals surface area contributed by atoms with Crippen LogP contribution in [-0.2, 0) is 0 Å². The van der Waals surface area contributed by atoms with Crippen molar-refractivity contribution >= 4 is 20.5 Å². The Labute approximate surface area is 39.0 Å². The minimum absolute atomic E-state index is 0.912. The van der Waals surface area contributed by atoms with Crippen LogP contribution in [0.3, 0.4) is 0 Å². The maximum atomic E-state index is 3.15. The molecule has 0 spiro atoms. The molecule has 0 fully saturated rings. The Morgan fingerprint density at radius 3 is 1.80 bits per heavy atom. The average Bonchev–Trinajstić information content (AvgIpc) is 1.38. The molecule has 0 radical (unpaired) electrons. The number of hydrogen-bond donors (Lipinski definition) is 1. The molecule has 0 saturated carbocycles. The molecule has 32 valence electrons. The molecular formula is C2H11NSi2. The summed E-state index contributed by atoms with van der Waals surface area (Å²) in [6.45, 7) is 0. The lowest BCUT2D eigenvalue weighted by Gasteiger charge is -1.95. The summed E-state index contributed by atoms with van der Waals surface area (Å²) < 4.78 is 0. The molecule has 0 saturated heterocycles. The summed E-state index contributed by atoms with van der Waals surface area (Å²) in [5, 5.41) is 4.06. The maximum absolute atomic E-state index is 3.15. The van der Waals surface area contributed by atoms with E-state index in [1.165, 1.54) is 20.5 Å². The lowest BCUT2D eigenvalue weighted by Crippen LogP contribution is -2.24. The second-order valence-electron chi connectivity index (χ2n) is 1.44. The van der Waals surface area contributed by atoms with E-state index >= 15 is 0 Å². The fourth-order valence-corrected chi connectivity index (χ4v) is 0. The Morgan fingerprint density at radius 1 is 1.60 bits per heavy atom. The van der Waals surface area contributed by atoms with Crippen LogP contribution in [0, 0.1) is 0 Å². The summed E-state index contributed by atoms with van der Waals surface area (Å²) >= 11 is 0. The van der Waals surface area contributed by atoms with E-state index in [0.717, 1.165) is 5.29 Å². The van der Waals surface area contributed by atoms with Gasteiger partial charge >= 0.3 is 0 Å². The lowest BCUT2D eigenvalue weighted by atomic mass is 11.2. The standard InChI is InChI=1S/C2H11NSi2/c1-3-2(4)5/h2-3H,1,4-5H3. The summed E-state index contributed by atoms with van der Waals surface area (Å²) in [7, 11) is 4.66. The third kappa shape index (κ3) is 4.39. The van der Waals surface area contributed by atoms with E-state index in [0.29, 0.717) is 0 Å². The molecule has 0 aliphatic heterocycles. The fraction of sp³-hybridized carbons (Fsp3) is 1.00. The van der Waals surface area contributed by atoms with Gasteiger partial charge in [-0.2, -0.15) is 0 Å². The van der Waals surface area contributed by atoms with Crippen LogP contribution in [0.5, 0.6) is 0 Å². The second-order valence-corrected chi connectivity index (χ2v) is 7.22. The molecule has 0 aliphatic carbocycles. The molecule has 0 aliphatic rings. The average molecular weight is 105 g/mol. The largest absolute Gasteiger partial charge is 0.324 e. The third-order valence-corrected chi connectivity index (χ3v) is 1.73. The van der Waals surface area contributed by atoms with E-state index in [9.17, 15) is 0 Å². The van der Waals surface area contributed by atoms with Crippen molar-refractivity contribution < 1.29 is 0 Å². The Bertz CT molecular complexity index is 21.6. The molecule has 5 heavy (non-hydrogen) atoms. The molecule has 0 heterocycles. The Morgan fingerprint density at radius 2 is 1.80 bits per heavy atom. The number of hydrogen-bond acceptors (Lipinski definition) is 1. The van der Waals surface area contributed by atoms with Crippen LogP contribution in [0.2, 0.25) is 0 Å². The van der Waals surface area contributed by atoms with Gasteiger partial charge in [-0.3, -0.25) is 0 Å². The van der Waals surface area contributed by atoms with Gasteiger partial charge in [0.2, 0.25) is 0 Å². The topological polar surface area (TPSA) is 12.0 Å². The van der Waals surface area contributed by atoms with Gasteiger partial charge in [-0.05, 0) is 12.3 Å². The van der Waals surface area contributed by atoms with Crippen LogP contribution in [0.1, 0.15) is 0 Å². The van der Waals surface area contributed by atoms with Crippen molar-refractivity contribution in [2.75, 3.05) is 7.05 Å². The first-order valence-electron chi connectivity index (χ1n) is 1.94. The van der Waals surface area contributed by atoms with Crippen molar-refractivity contribution in [2.45, 2.75) is 5.29 Å². The van der Waals surface area contributed by atoms with E-state index in [2.05, 4.69) is 5.32 Å². The van der Waals surface area contributed by atoms with Gasteiger partial charge in [-0.15, -0.1) is 0 Å². The molecule has 0 unspecified atom stereocenters. The van der Waals surface area contributed by atoms with Gasteiger partial charge in [-0.25, -0.2) is 0 Å². The van der Waals surface area contributed by atoms with Crippen molar-refractivity contribution in [2.24, 2.45) is 0 Å². The molecule has 0 bridgehead atoms. The number of nitrogens with one attached hydrogen (secondary N) is 1. The van der Waals surface area contributed by atoms with E-state index < -0.39 is 0 Å². The van der Waals surface area contributed by atoms with Crippen LogP contribution in [0.4, 0.5) is 0 Å². The van der Waals surface area contributed by atoms with Crippen LogP contribution in [0.15, 0.2) is 0 Å². The summed E-state index contributed by atoms with van der Waals surface area (Å²) in [5.74, 6) is 0. The van der Waals surface area contributed by atoms with Gasteiger partial charge in [0.25, 0.3) is 0 Å². The molecule has 1 N–H and O–H groups in total. The maximum Gasteiger partial charge on any atom is 0.0192 e. The van der Waals surface area contributed by atoms with E-state index in [1.807, 2.05) is 7.05 Å². The first-order chi connectivity index (χ1) is 2.27. The summed E-state index contributed by atoms with van der Waals surface area (Å²) in [5.41, 5.74) is 0. The smallest absolute Gasteiger partial charge is 0.0192 e. The fourth-order valence-electron chi connectivity index (χ4n) is 0. The second kappa shape index (κ2) is 2.62. The minimum Gasteiger partial charge on any atom is -0.324 e. The summed E-state index contributed by atoms with van der Waals surface area (Å²) in [6, 6.07) is 0. The highest BCUT2D eigenvalue weighted by atomic mass is 28.2. The van der Waals surface area contributed by atoms with Gasteiger partial charge in [0.05, 0.1) is 0 Å². The van der Waals surface area contributed by atoms with Crippen LogP contribution in [-0.4, -0.2) is 32.8 Å². The number of rotatable bonds is 1. The molecule has 0 aromatic rings. The van der Waals surface area contributed by atoms with Gasteiger partial charge < -0.3 is 5.32 Å². The van der Waals surface area contributed by atoms with Crippen LogP contribution in [0.25, 0.3) is 0 Å². The molecular weight excluding hydrogens is 94.2 g/mol. The molecule has 0 atom stereocenters. The van der Waals surface area contributed by atoms with E-state index in [1.54, 1.807) is 0 Å². The summed E-state index contributed by atoms with van der Waals surface area (Å²) in [4.78, 5) is 0. The Balaban J connectivity index is 2.54. The zero-order valence-corrected chi connectivity index (χ0v) is 8.08. The molecule has 1 nitrogen and oxygen atoms in total. The first-order valence-corrected chi connectivity index (χ1v) is 4.25. The van der Waals surface area contributed by atoms with Gasteiger partial charge in [0.15, 0.2) is 0 Å². The predicted molar refractivity (Wildman–Crippen MR) is 32.7 cm³/mol. The van der Waals surface area contributed by atoms with E-state index in [-0.39, 0.29) is 0 Å². The Kier molecular flexibility index (Phi) is 2.83. The highest BCUT2D eigenvalue weighted by Crippen LogP contribution is 1.49. The molecule has 0 aromatic carbocycles. The molecule has 0 amide bonds. The zero-order chi connectivity index (χ0) is 4.28. The van der Waals surface area contributed by atoms with Gasteiger partial charge in [-0.1, -0.05) is 0 Å². The molecule has 0 aromatic heterocycles. The third-order valence-electron chi connectivity index (χ3n) is 0.577. The normalized spacial score (nSPS) is 16.2. The monoisotopic (exact) mass is 105 g/mol. The zero-order valence-electron chi connectivity index (χ0n) is 4.08. The van der Waals surface area contributed by atoms with Crippen molar-refractivity contribution in [1.82, 2.24) is 5.32 Å². The van der Waals surface area contributed by atoms with E-state index in [4.69, 9.17) is 0 Å². The van der Waals surface area contributed by atoms with Crippen molar-refractivity contribution in [3.63, 3.8) is 0 Å². The quantitative estimate of drug-likeness (QED) is 0.356. The first kappa shape index (κ1) is 5.39. The predicted octanol–water partition coefficient (Wildman–Crippen LogP) is -2.78. The molecule has 3 heteroatoms. The van der Waals surface area contributed by atoms with Gasteiger partial charge in [0.1, 0.15) is 0 Å². The van der Waals surface area contributed by atoms with Crippen molar-refractivity contribution in [1.29, 1.82) is 0 Å².